The highest BCUT2D eigenvalue weighted by Crippen LogP contribution is 2.17. The summed E-state index contributed by atoms with van der Waals surface area (Å²) < 4.78 is 7.81. The van der Waals surface area contributed by atoms with Crippen LogP contribution in [0.2, 0.25) is 0 Å². The van der Waals surface area contributed by atoms with E-state index in [4.69, 9.17) is 4.74 Å². The number of rotatable bonds is 4. The number of aryl methyl sites for hydroxylation is 2. The Bertz CT molecular complexity index is 710. The number of hydrogen-bond donors (Lipinski definition) is 0. The summed E-state index contributed by atoms with van der Waals surface area (Å²) in [6.07, 6.45) is 1.89. The summed E-state index contributed by atoms with van der Waals surface area (Å²) in [6, 6.07) is 14.5. The van der Waals surface area contributed by atoms with E-state index in [9.17, 15) is 0 Å². The second kappa shape index (κ2) is 5.37. The van der Waals surface area contributed by atoms with Gasteiger partial charge in [0.2, 0.25) is 0 Å². The molecule has 3 heteroatoms. The van der Waals surface area contributed by atoms with Crippen molar-refractivity contribution in [2.45, 2.75) is 20.4 Å². The van der Waals surface area contributed by atoms with E-state index in [0.29, 0.717) is 6.61 Å². The van der Waals surface area contributed by atoms with Crippen LogP contribution in [0, 0.1) is 13.8 Å². The number of ether oxygens (including phenoxy) is 1. The lowest BCUT2D eigenvalue weighted by Crippen LogP contribution is -2.09. The Morgan fingerprint density at radius 3 is 2.60 bits per heavy atom. The van der Waals surface area contributed by atoms with Crippen molar-refractivity contribution in [3.8, 4) is 5.75 Å². The normalized spacial score (nSPS) is 10.9. The summed E-state index contributed by atoms with van der Waals surface area (Å²) in [4.78, 5) is 0. The Hall–Kier alpha value is -2.29. The van der Waals surface area contributed by atoms with Crippen molar-refractivity contribution >= 4 is 10.9 Å². The Labute approximate surface area is 118 Å². The predicted molar refractivity (Wildman–Crippen MR) is 81.1 cm³/mol. The maximum absolute atomic E-state index is 5.83. The highest BCUT2D eigenvalue weighted by atomic mass is 16.5. The average Bonchev–Trinajstić information content (AvgIpc) is 2.81. The van der Waals surface area contributed by atoms with Crippen LogP contribution in [0.3, 0.4) is 0 Å². The first-order valence-electron chi connectivity index (χ1n) is 6.84. The van der Waals surface area contributed by atoms with Gasteiger partial charge in [-0.2, -0.15) is 5.10 Å². The molecule has 3 aromatic rings. The van der Waals surface area contributed by atoms with Crippen LogP contribution in [-0.4, -0.2) is 16.4 Å². The fourth-order valence-corrected chi connectivity index (χ4v) is 2.47. The standard InChI is InChI=1S/C17H18N2O/c1-13-9-14(2)11-16(10-13)20-8-7-19-17-6-4-3-5-15(17)12-18-19/h3-6,9-12H,7-8H2,1-2H3. The zero-order valence-electron chi connectivity index (χ0n) is 11.8. The number of benzene rings is 2. The summed E-state index contributed by atoms with van der Waals surface area (Å²) in [6.45, 7) is 5.54. The Balaban J connectivity index is 1.68. The molecule has 0 bridgehead atoms. The third-order valence-corrected chi connectivity index (χ3v) is 3.32. The summed E-state index contributed by atoms with van der Waals surface area (Å²) in [5.74, 6) is 0.930. The first kappa shape index (κ1) is 12.7. The summed E-state index contributed by atoms with van der Waals surface area (Å²) in [5, 5.41) is 5.56. The molecular formula is C17H18N2O. The van der Waals surface area contributed by atoms with E-state index in [1.807, 2.05) is 23.0 Å². The van der Waals surface area contributed by atoms with Crippen molar-refractivity contribution in [3.05, 3.63) is 59.8 Å². The van der Waals surface area contributed by atoms with E-state index < -0.39 is 0 Å². The minimum Gasteiger partial charge on any atom is -0.492 e. The van der Waals surface area contributed by atoms with E-state index in [0.717, 1.165) is 17.8 Å². The Morgan fingerprint density at radius 2 is 1.80 bits per heavy atom. The molecule has 3 rings (SSSR count). The maximum Gasteiger partial charge on any atom is 0.119 e. The molecule has 1 heterocycles. The number of para-hydroxylation sites is 1. The van der Waals surface area contributed by atoms with Crippen LogP contribution in [0.25, 0.3) is 10.9 Å². The average molecular weight is 266 g/mol. The van der Waals surface area contributed by atoms with Gasteiger partial charge in [-0.05, 0) is 43.2 Å². The van der Waals surface area contributed by atoms with Gasteiger partial charge in [-0.15, -0.1) is 0 Å². The molecule has 0 spiro atoms. The highest BCUT2D eigenvalue weighted by Gasteiger charge is 2.02. The van der Waals surface area contributed by atoms with E-state index in [-0.39, 0.29) is 0 Å². The van der Waals surface area contributed by atoms with Crippen LogP contribution in [0.15, 0.2) is 48.7 Å². The van der Waals surface area contributed by atoms with Crippen molar-refractivity contribution in [1.29, 1.82) is 0 Å². The number of hydrogen-bond acceptors (Lipinski definition) is 2. The van der Waals surface area contributed by atoms with Crippen molar-refractivity contribution in [1.82, 2.24) is 9.78 Å². The van der Waals surface area contributed by atoms with Crippen LogP contribution in [0.5, 0.6) is 5.75 Å². The quantitative estimate of drug-likeness (QED) is 0.719. The lowest BCUT2D eigenvalue weighted by atomic mass is 10.1. The van der Waals surface area contributed by atoms with E-state index in [2.05, 4.69) is 49.3 Å². The van der Waals surface area contributed by atoms with Gasteiger partial charge in [0, 0.05) is 5.39 Å². The smallest absolute Gasteiger partial charge is 0.119 e. The molecule has 0 aliphatic carbocycles. The number of nitrogens with zero attached hydrogens (tertiary/aromatic N) is 2. The first-order chi connectivity index (χ1) is 9.72. The molecule has 0 aliphatic heterocycles. The first-order valence-corrected chi connectivity index (χ1v) is 6.84. The Kier molecular flexibility index (Phi) is 3.42. The largest absolute Gasteiger partial charge is 0.492 e. The van der Waals surface area contributed by atoms with Gasteiger partial charge in [0.05, 0.1) is 18.3 Å². The summed E-state index contributed by atoms with van der Waals surface area (Å²) in [5.41, 5.74) is 3.60. The van der Waals surface area contributed by atoms with E-state index in [1.54, 1.807) is 0 Å². The zero-order valence-corrected chi connectivity index (χ0v) is 11.8. The molecule has 0 amide bonds. The third kappa shape index (κ3) is 2.67. The van der Waals surface area contributed by atoms with Gasteiger partial charge in [-0.25, -0.2) is 0 Å². The van der Waals surface area contributed by atoms with Crippen LogP contribution in [-0.2, 0) is 6.54 Å². The minimum atomic E-state index is 0.620. The van der Waals surface area contributed by atoms with Gasteiger partial charge in [-0.3, -0.25) is 4.68 Å². The van der Waals surface area contributed by atoms with Crippen LogP contribution in [0.4, 0.5) is 0 Å². The molecule has 0 radical (unpaired) electrons. The van der Waals surface area contributed by atoms with Gasteiger partial charge < -0.3 is 4.74 Å². The molecular weight excluding hydrogens is 248 g/mol. The molecule has 0 N–H and O–H groups in total. The summed E-state index contributed by atoms with van der Waals surface area (Å²) >= 11 is 0. The van der Waals surface area contributed by atoms with Gasteiger partial charge in [0.25, 0.3) is 0 Å². The lowest BCUT2D eigenvalue weighted by Gasteiger charge is -2.09. The fraction of sp³-hybridized carbons (Fsp3) is 0.235. The number of aromatic nitrogens is 2. The third-order valence-electron chi connectivity index (χ3n) is 3.32. The molecule has 0 fully saturated rings. The summed E-state index contributed by atoms with van der Waals surface area (Å²) in [7, 11) is 0. The van der Waals surface area contributed by atoms with Crippen molar-refractivity contribution in [3.63, 3.8) is 0 Å². The molecule has 0 saturated carbocycles. The van der Waals surface area contributed by atoms with Gasteiger partial charge >= 0.3 is 0 Å². The molecule has 20 heavy (non-hydrogen) atoms. The molecule has 0 saturated heterocycles. The maximum atomic E-state index is 5.83. The van der Waals surface area contributed by atoms with Gasteiger partial charge in [0.15, 0.2) is 0 Å². The van der Waals surface area contributed by atoms with E-state index >= 15 is 0 Å². The second-order valence-corrected chi connectivity index (χ2v) is 5.10. The van der Waals surface area contributed by atoms with Crippen molar-refractivity contribution < 1.29 is 4.74 Å². The minimum absolute atomic E-state index is 0.620. The topological polar surface area (TPSA) is 27.1 Å². The number of fused-ring (bicyclic) bond motifs is 1. The zero-order chi connectivity index (χ0) is 13.9. The fourth-order valence-electron chi connectivity index (χ4n) is 2.47. The molecule has 0 unspecified atom stereocenters. The molecule has 1 aromatic heterocycles. The molecule has 0 atom stereocenters. The molecule has 3 nitrogen and oxygen atoms in total. The second-order valence-electron chi connectivity index (χ2n) is 5.10. The van der Waals surface area contributed by atoms with Crippen molar-refractivity contribution in [2.24, 2.45) is 0 Å². The van der Waals surface area contributed by atoms with Crippen LogP contribution < -0.4 is 4.74 Å². The van der Waals surface area contributed by atoms with Gasteiger partial charge in [-0.1, -0.05) is 24.3 Å². The monoisotopic (exact) mass is 266 g/mol. The predicted octanol–water partition coefficient (Wildman–Crippen LogP) is 3.73. The molecule has 2 aromatic carbocycles. The van der Waals surface area contributed by atoms with Gasteiger partial charge in [0.1, 0.15) is 12.4 Å². The van der Waals surface area contributed by atoms with Crippen LogP contribution in [0.1, 0.15) is 11.1 Å². The molecule has 0 aliphatic rings. The molecule has 102 valence electrons. The van der Waals surface area contributed by atoms with Crippen LogP contribution >= 0.6 is 0 Å². The van der Waals surface area contributed by atoms with E-state index in [1.165, 1.54) is 16.5 Å². The Morgan fingerprint density at radius 1 is 1.05 bits per heavy atom. The SMILES string of the molecule is Cc1cc(C)cc(OCCn2ncc3ccccc32)c1. The van der Waals surface area contributed by atoms with Crippen molar-refractivity contribution in [2.75, 3.05) is 6.61 Å². The highest BCUT2D eigenvalue weighted by molar-refractivity contribution is 5.78. The lowest BCUT2D eigenvalue weighted by molar-refractivity contribution is 0.293.